The van der Waals surface area contributed by atoms with Crippen molar-refractivity contribution in [1.82, 2.24) is 14.5 Å². The minimum absolute atomic E-state index is 0.609. The van der Waals surface area contributed by atoms with E-state index in [0.717, 1.165) is 12.8 Å². The van der Waals surface area contributed by atoms with Gasteiger partial charge in [-0.2, -0.15) is 0 Å². The van der Waals surface area contributed by atoms with Crippen molar-refractivity contribution in [2.24, 2.45) is 0 Å². The predicted molar refractivity (Wildman–Crippen MR) is 54.1 cm³/mol. The van der Waals surface area contributed by atoms with Crippen LogP contribution in [0.4, 0.5) is 0 Å². The van der Waals surface area contributed by atoms with Gasteiger partial charge in [0.15, 0.2) is 0 Å². The van der Waals surface area contributed by atoms with Crippen LogP contribution in [0, 0.1) is 0 Å². The van der Waals surface area contributed by atoms with Gasteiger partial charge in [0.1, 0.15) is 0 Å². The lowest BCUT2D eigenvalue weighted by Crippen LogP contribution is -2.17. The smallest absolute Gasteiger partial charge is 0.0925 e. The summed E-state index contributed by atoms with van der Waals surface area (Å²) in [4.78, 5) is 7.53. The lowest BCUT2D eigenvalue weighted by Gasteiger charge is -2.22. The minimum Gasteiger partial charge on any atom is -0.351 e. The molecular formula is C11H13N3. The zero-order chi connectivity index (χ0) is 9.38. The summed E-state index contributed by atoms with van der Waals surface area (Å²) < 4.78 is 2.30. The predicted octanol–water partition coefficient (Wildman–Crippen LogP) is 1.94. The molecule has 1 N–H and O–H groups in total. The van der Waals surface area contributed by atoms with E-state index in [1.54, 1.807) is 0 Å². The van der Waals surface area contributed by atoms with Crippen LogP contribution < -0.4 is 0 Å². The summed E-state index contributed by atoms with van der Waals surface area (Å²) in [6.07, 6.45) is 9.49. The van der Waals surface area contributed by atoms with E-state index in [-0.39, 0.29) is 0 Å². The van der Waals surface area contributed by atoms with E-state index in [4.69, 9.17) is 0 Å². The summed E-state index contributed by atoms with van der Waals surface area (Å²) in [7, 11) is 0. The normalized spacial score (nSPS) is 20.7. The van der Waals surface area contributed by atoms with Gasteiger partial charge in [-0.25, -0.2) is 4.98 Å². The summed E-state index contributed by atoms with van der Waals surface area (Å²) in [6, 6.07) is 4.78. The van der Waals surface area contributed by atoms with Crippen molar-refractivity contribution in [3.63, 3.8) is 0 Å². The number of aromatic nitrogens is 3. The summed E-state index contributed by atoms with van der Waals surface area (Å²) in [5.41, 5.74) is 2.57. The molecule has 0 spiro atoms. The fraction of sp³-hybridized carbons (Fsp3) is 0.364. The Bertz CT molecular complexity index is 413. The Morgan fingerprint density at radius 3 is 3.07 bits per heavy atom. The Kier molecular flexibility index (Phi) is 1.69. The second kappa shape index (κ2) is 3.01. The molecule has 1 unspecified atom stereocenters. The van der Waals surface area contributed by atoms with Gasteiger partial charge in [-0.15, -0.1) is 0 Å². The van der Waals surface area contributed by atoms with Crippen molar-refractivity contribution in [1.29, 1.82) is 0 Å². The highest BCUT2D eigenvalue weighted by Crippen LogP contribution is 2.26. The number of hydrogen-bond acceptors (Lipinski definition) is 1. The summed E-state index contributed by atoms with van der Waals surface area (Å²) in [5, 5.41) is 0. The Balaban J connectivity index is 1.88. The molecule has 0 aromatic carbocycles. The molecule has 3 nitrogen and oxygen atoms in total. The highest BCUT2D eigenvalue weighted by molar-refractivity contribution is 5.16. The van der Waals surface area contributed by atoms with E-state index >= 15 is 0 Å². The first kappa shape index (κ1) is 7.85. The summed E-state index contributed by atoms with van der Waals surface area (Å²) in [6.45, 7) is 0. The Morgan fingerprint density at radius 2 is 2.21 bits per heavy atom. The van der Waals surface area contributed by atoms with Crippen molar-refractivity contribution < 1.29 is 0 Å². The van der Waals surface area contributed by atoms with Gasteiger partial charge in [0.25, 0.3) is 0 Å². The van der Waals surface area contributed by atoms with Crippen LogP contribution in [0.1, 0.15) is 23.9 Å². The van der Waals surface area contributed by atoms with E-state index < -0.39 is 0 Å². The van der Waals surface area contributed by atoms with E-state index in [1.165, 1.54) is 17.8 Å². The first-order chi connectivity index (χ1) is 6.93. The van der Waals surface area contributed by atoms with Crippen LogP contribution in [0.25, 0.3) is 0 Å². The van der Waals surface area contributed by atoms with Gasteiger partial charge in [0, 0.05) is 30.6 Å². The molecule has 1 aliphatic carbocycles. The molecule has 3 heteroatoms. The zero-order valence-electron chi connectivity index (χ0n) is 7.98. The van der Waals surface area contributed by atoms with Crippen LogP contribution in [-0.4, -0.2) is 14.5 Å². The first-order valence-electron chi connectivity index (χ1n) is 5.07. The molecule has 0 saturated carbocycles. The van der Waals surface area contributed by atoms with Crippen molar-refractivity contribution >= 4 is 0 Å². The van der Waals surface area contributed by atoms with E-state index in [0.29, 0.717) is 6.04 Å². The number of nitrogens with zero attached hydrogens (tertiary/aromatic N) is 2. The maximum atomic E-state index is 4.31. The van der Waals surface area contributed by atoms with Gasteiger partial charge >= 0.3 is 0 Å². The van der Waals surface area contributed by atoms with E-state index in [2.05, 4.69) is 39.1 Å². The molecule has 72 valence electrons. The number of nitrogens with one attached hydrogen (secondary N) is 1. The van der Waals surface area contributed by atoms with Gasteiger partial charge < -0.3 is 9.55 Å². The molecule has 1 atom stereocenters. The Hall–Kier alpha value is -1.51. The molecule has 2 heterocycles. The quantitative estimate of drug-likeness (QED) is 0.727. The number of aromatic amines is 1. The van der Waals surface area contributed by atoms with Crippen LogP contribution in [0.5, 0.6) is 0 Å². The molecular weight excluding hydrogens is 174 g/mol. The standard InChI is InChI=1S/C11H13N3/c1-2-6-14(5-1)9-3-4-10-11(7-9)13-8-12-10/h1-2,5-6,8-9H,3-4,7H2,(H,12,13). The third-order valence-corrected chi connectivity index (χ3v) is 3.01. The number of rotatable bonds is 1. The average Bonchev–Trinajstić information content (AvgIpc) is 2.88. The zero-order valence-corrected chi connectivity index (χ0v) is 7.98. The lowest BCUT2D eigenvalue weighted by molar-refractivity contribution is 0.437. The molecule has 0 saturated heterocycles. The van der Waals surface area contributed by atoms with Gasteiger partial charge in [0.05, 0.1) is 12.0 Å². The monoisotopic (exact) mass is 187 g/mol. The topological polar surface area (TPSA) is 33.6 Å². The molecule has 2 aromatic heterocycles. The fourth-order valence-electron chi connectivity index (χ4n) is 2.23. The number of imidazole rings is 1. The van der Waals surface area contributed by atoms with E-state index in [1.807, 2.05) is 6.33 Å². The maximum absolute atomic E-state index is 4.31. The van der Waals surface area contributed by atoms with E-state index in [9.17, 15) is 0 Å². The highest BCUT2D eigenvalue weighted by atomic mass is 15.0. The maximum Gasteiger partial charge on any atom is 0.0925 e. The van der Waals surface area contributed by atoms with Crippen molar-refractivity contribution in [3.8, 4) is 0 Å². The van der Waals surface area contributed by atoms with Crippen molar-refractivity contribution in [2.75, 3.05) is 0 Å². The van der Waals surface area contributed by atoms with Gasteiger partial charge in [-0.3, -0.25) is 0 Å². The molecule has 0 amide bonds. The number of H-pyrrole nitrogens is 1. The highest BCUT2D eigenvalue weighted by Gasteiger charge is 2.20. The van der Waals surface area contributed by atoms with Crippen LogP contribution in [0.15, 0.2) is 30.9 Å². The molecule has 0 aliphatic heterocycles. The fourth-order valence-corrected chi connectivity index (χ4v) is 2.23. The van der Waals surface area contributed by atoms with Crippen molar-refractivity contribution in [2.45, 2.75) is 25.3 Å². The van der Waals surface area contributed by atoms with Crippen LogP contribution in [0.2, 0.25) is 0 Å². The summed E-state index contributed by atoms with van der Waals surface area (Å²) >= 11 is 0. The molecule has 3 rings (SSSR count). The molecule has 0 fully saturated rings. The minimum atomic E-state index is 0.609. The third-order valence-electron chi connectivity index (χ3n) is 3.01. The first-order valence-corrected chi connectivity index (χ1v) is 5.07. The van der Waals surface area contributed by atoms with Gasteiger partial charge in [-0.05, 0) is 25.0 Å². The van der Waals surface area contributed by atoms with Crippen molar-refractivity contribution in [3.05, 3.63) is 42.2 Å². The summed E-state index contributed by atoms with van der Waals surface area (Å²) in [5.74, 6) is 0. The second-order valence-corrected chi connectivity index (χ2v) is 3.85. The SMILES string of the molecule is c1ccn(C2CCc3nc[nH]c3C2)c1. The Morgan fingerprint density at radius 1 is 1.36 bits per heavy atom. The number of hydrogen-bond donors (Lipinski definition) is 1. The lowest BCUT2D eigenvalue weighted by atomic mass is 9.96. The van der Waals surface area contributed by atoms with Gasteiger partial charge in [0.2, 0.25) is 0 Å². The van der Waals surface area contributed by atoms with Crippen LogP contribution in [-0.2, 0) is 12.8 Å². The largest absolute Gasteiger partial charge is 0.351 e. The molecule has 2 aromatic rings. The molecule has 14 heavy (non-hydrogen) atoms. The van der Waals surface area contributed by atoms with Crippen LogP contribution in [0.3, 0.4) is 0 Å². The average molecular weight is 187 g/mol. The van der Waals surface area contributed by atoms with Crippen LogP contribution >= 0.6 is 0 Å². The second-order valence-electron chi connectivity index (χ2n) is 3.85. The molecule has 1 aliphatic rings. The van der Waals surface area contributed by atoms with Gasteiger partial charge in [-0.1, -0.05) is 0 Å². The Labute approximate surface area is 82.8 Å². The molecule has 0 radical (unpaired) electrons. The molecule has 0 bridgehead atoms. The number of fused-ring (bicyclic) bond motifs is 1. The third kappa shape index (κ3) is 1.16. The number of aryl methyl sites for hydroxylation is 1.